The van der Waals surface area contributed by atoms with Crippen molar-refractivity contribution in [3.8, 4) is 10.9 Å². The van der Waals surface area contributed by atoms with Crippen LogP contribution in [0.25, 0.3) is 5.00 Å². The molecule has 0 bridgehead atoms. The molecule has 162 valence electrons. The minimum absolute atomic E-state index is 0.416. The number of hydrogen-bond donors (Lipinski definition) is 0. The molecule has 4 aromatic rings. The molecule has 3 aromatic heterocycles. The number of methoxy groups -OCH3 is 1. The van der Waals surface area contributed by atoms with Crippen molar-refractivity contribution >= 4 is 34.6 Å². The van der Waals surface area contributed by atoms with E-state index in [9.17, 15) is 0 Å². The summed E-state index contributed by atoms with van der Waals surface area (Å²) < 4.78 is 7.38. The van der Waals surface area contributed by atoms with Gasteiger partial charge in [0.05, 0.1) is 19.3 Å². The van der Waals surface area contributed by atoms with Crippen LogP contribution in [0.2, 0.25) is 5.02 Å². The number of hydrazone groups is 1. The monoisotopic (exact) mass is 464 g/mol. The van der Waals surface area contributed by atoms with Gasteiger partial charge in [0.25, 0.3) is 5.95 Å². The number of rotatable bonds is 4. The van der Waals surface area contributed by atoms with Crippen molar-refractivity contribution in [2.45, 2.75) is 27.3 Å². The second kappa shape index (κ2) is 8.03. The predicted molar refractivity (Wildman–Crippen MR) is 128 cm³/mol. The van der Waals surface area contributed by atoms with Crippen LogP contribution in [0.1, 0.15) is 33.1 Å². The highest BCUT2D eigenvalue weighted by Crippen LogP contribution is 2.38. The number of hydrogen-bond acceptors (Lipinski definition) is 7. The highest BCUT2D eigenvalue weighted by Gasteiger charge is 2.30. The smallest absolute Gasteiger partial charge is 0.253 e. The molecular weight excluding hydrogens is 444 g/mol. The van der Waals surface area contributed by atoms with Crippen molar-refractivity contribution in [2.24, 2.45) is 5.10 Å². The fourth-order valence-corrected chi connectivity index (χ4v) is 5.07. The Morgan fingerprint density at radius 3 is 2.56 bits per heavy atom. The van der Waals surface area contributed by atoms with Gasteiger partial charge < -0.3 is 4.74 Å². The Kier molecular flexibility index (Phi) is 5.19. The minimum Gasteiger partial charge on any atom is -0.481 e. The van der Waals surface area contributed by atoms with Crippen LogP contribution in [0.5, 0.6) is 5.88 Å². The van der Waals surface area contributed by atoms with Gasteiger partial charge in [0.15, 0.2) is 0 Å². The molecule has 0 aliphatic carbocycles. The third kappa shape index (κ3) is 3.45. The van der Waals surface area contributed by atoms with Gasteiger partial charge >= 0.3 is 0 Å². The zero-order valence-corrected chi connectivity index (χ0v) is 19.7. The normalized spacial score (nSPS) is 12.8. The van der Waals surface area contributed by atoms with Gasteiger partial charge in [0.2, 0.25) is 5.88 Å². The van der Waals surface area contributed by atoms with Crippen molar-refractivity contribution in [3.05, 3.63) is 80.6 Å². The van der Waals surface area contributed by atoms with E-state index >= 15 is 0 Å². The van der Waals surface area contributed by atoms with Crippen LogP contribution in [0.4, 0.5) is 5.95 Å². The Labute approximate surface area is 195 Å². The average molecular weight is 465 g/mol. The number of halogens is 1. The Balaban J connectivity index is 1.73. The molecule has 0 N–H and O–H groups in total. The van der Waals surface area contributed by atoms with Crippen molar-refractivity contribution in [1.29, 1.82) is 0 Å². The molecule has 0 atom stereocenters. The molecule has 0 fully saturated rings. The summed E-state index contributed by atoms with van der Waals surface area (Å²) in [5.41, 5.74) is 4.94. The first kappa shape index (κ1) is 20.7. The van der Waals surface area contributed by atoms with E-state index in [0.29, 0.717) is 23.4 Å². The van der Waals surface area contributed by atoms with E-state index in [0.717, 1.165) is 33.4 Å². The summed E-state index contributed by atoms with van der Waals surface area (Å²) in [6, 6.07) is 13.5. The van der Waals surface area contributed by atoms with E-state index in [1.54, 1.807) is 18.4 Å². The van der Waals surface area contributed by atoms with Crippen LogP contribution >= 0.6 is 22.9 Å². The highest BCUT2D eigenvalue weighted by molar-refractivity contribution is 7.15. The fraction of sp³-hybridized carbons (Fsp3) is 0.217. The van der Waals surface area contributed by atoms with Gasteiger partial charge in [-0.1, -0.05) is 29.8 Å². The summed E-state index contributed by atoms with van der Waals surface area (Å²) in [6.45, 7) is 6.64. The Bertz CT molecular complexity index is 1340. The molecule has 5 rings (SSSR count). The van der Waals surface area contributed by atoms with Crippen molar-refractivity contribution < 1.29 is 4.74 Å². The second-order valence-corrected chi connectivity index (χ2v) is 9.17. The highest BCUT2D eigenvalue weighted by atomic mass is 35.5. The quantitative estimate of drug-likeness (QED) is 0.421. The number of thiophene rings is 1. The molecule has 0 radical (unpaired) electrons. The van der Waals surface area contributed by atoms with Gasteiger partial charge in [0, 0.05) is 27.1 Å². The summed E-state index contributed by atoms with van der Waals surface area (Å²) in [5, 5.41) is 17.5. The van der Waals surface area contributed by atoms with E-state index in [1.165, 1.54) is 10.4 Å². The lowest BCUT2D eigenvalue weighted by atomic mass is 10.00. The molecule has 0 unspecified atom stereocenters. The maximum absolute atomic E-state index is 6.17. The van der Waals surface area contributed by atoms with Crippen molar-refractivity contribution in [2.75, 3.05) is 12.1 Å². The molecule has 32 heavy (non-hydrogen) atoms. The molecule has 0 saturated carbocycles. The second-order valence-electron chi connectivity index (χ2n) is 7.53. The molecule has 0 spiro atoms. The van der Waals surface area contributed by atoms with Crippen LogP contribution < -0.4 is 9.75 Å². The Morgan fingerprint density at radius 2 is 1.81 bits per heavy atom. The van der Waals surface area contributed by atoms with E-state index in [-0.39, 0.29) is 0 Å². The minimum atomic E-state index is 0.416. The molecule has 1 aliphatic heterocycles. The number of aryl methyl sites for hydroxylation is 2. The van der Waals surface area contributed by atoms with Gasteiger partial charge in [-0.2, -0.15) is 5.10 Å². The Hall–Kier alpha value is -3.23. The maximum Gasteiger partial charge on any atom is 0.253 e. The van der Waals surface area contributed by atoms with Gasteiger partial charge in [-0.15, -0.1) is 21.5 Å². The van der Waals surface area contributed by atoms with E-state index < -0.39 is 0 Å². The van der Waals surface area contributed by atoms with Crippen LogP contribution in [0.15, 0.2) is 47.6 Å². The molecule has 0 saturated heterocycles. The zero-order chi connectivity index (χ0) is 22.4. The van der Waals surface area contributed by atoms with Crippen LogP contribution in [0.3, 0.4) is 0 Å². The number of fused-ring (bicyclic) bond motifs is 3. The number of ether oxygens (including phenoxy) is 1. The SMILES string of the molecule is COc1cccc(CN2N=C(c3ccc(Cl)cc3)c3c(sc(C)c3C)-n3c(C)nnc32)n1. The number of aromatic nitrogens is 4. The summed E-state index contributed by atoms with van der Waals surface area (Å²) in [7, 11) is 1.61. The molecule has 0 amide bonds. The predicted octanol–water partition coefficient (Wildman–Crippen LogP) is 5.08. The Morgan fingerprint density at radius 1 is 1.03 bits per heavy atom. The van der Waals surface area contributed by atoms with Gasteiger partial charge in [-0.3, -0.25) is 4.57 Å². The summed E-state index contributed by atoms with van der Waals surface area (Å²) in [4.78, 5) is 5.80. The lowest BCUT2D eigenvalue weighted by Gasteiger charge is -2.18. The molecule has 7 nitrogen and oxygen atoms in total. The third-order valence-corrected chi connectivity index (χ3v) is 6.93. The molecule has 1 aromatic carbocycles. The molecule has 1 aliphatic rings. The van der Waals surface area contributed by atoms with Crippen LogP contribution in [-0.2, 0) is 6.54 Å². The number of pyridine rings is 1. The molecule has 4 heterocycles. The first-order chi connectivity index (χ1) is 15.5. The topological polar surface area (TPSA) is 68.4 Å². The van der Waals surface area contributed by atoms with Gasteiger partial charge in [-0.25, -0.2) is 9.99 Å². The standard InChI is InChI=1S/C23H21ClN6OS/c1-13-14(2)32-22-20(13)21(16-8-10-17(24)11-9-16)28-29(23-27-26-15(3)30(22)23)12-18-6-5-7-19(25-18)31-4/h5-11H,12H2,1-4H3. The first-order valence-corrected chi connectivity index (χ1v) is 11.3. The first-order valence-electron chi connectivity index (χ1n) is 10.1. The number of nitrogens with zero attached hydrogens (tertiary/aromatic N) is 6. The zero-order valence-electron chi connectivity index (χ0n) is 18.1. The van der Waals surface area contributed by atoms with Crippen LogP contribution in [-0.4, -0.2) is 32.6 Å². The summed E-state index contributed by atoms with van der Waals surface area (Å²) in [5.74, 6) is 2.01. The lowest BCUT2D eigenvalue weighted by Crippen LogP contribution is -2.21. The molecular formula is C23H21ClN6OS. The van der Waals surface area contributed by atoms with E-state index in [4.69, 9.17) is 21.4 Å². The van der Waals surface area contributed by atoms with Gasteiger partial charge in [-0.05, 0) is 44.5 Å². The third-order valence-electron chi connectivity index (χ3n) is 5.49. The lowest BCUT2D eigenvalue weighted by molar-refractivity contribution is 0.396. The van der Waals surface area contributed by atoms with Crippen LogP contribution in [0, 0.1) is 20.8 Å². The summed E-state index contributed by atoms with van der Waals surface area (Å²) >= 11 is 7.89. The van der Waals surface area contributed by atoms with E-state index in [1.807, 2.05) is 54.4 Å². The number of benzene rings is 1. The summed E-state index contributed by atoms with van der Waals surface area (Å²) in [6.07, 6.45) is 0. The van der Waals surface area contributed by atoms with Crippen molar-refractivity contribution in [1.82, 2.24) is 19.7 Å². The average Bonchev–Trinajstić information content (AvgIpc) is 3.27. The number of anilines is 1. The fourth-order valence-electron chi connectivity index (χ4n) is 3.75. The van der Waals surface area contributed by atoms with Crippen molar-refractivity contribution in [3.63, 3.8) is 0 Å². The largest absolute Gasteiger partial charge is 0.481 e. The molecule has 9 heteroatoms. The van der Waals surface area contributed by atoms with E-state index in [2.05, 4.69) is 33.6 Å². The van der Waals surface area contributed by atoms with Gasteiger partial charge in [0.1, 0.15) is 16.5 Å². The maximum atomic E-state index is 6.17.